The zero-order chi connectivity index (χ0) is 21.8. The summed E-state index contributed by atoms with van der Waals surface area (Å²) >= 11 is 0. The average molecular weight is 433 g/mol. The molecule has 5 nitrogen and oxygen atoms in total. The van der Waals surface area contributed by atoms with E-state index in [0.29, 0.717) is 24.3 Å². The van der Waals surface area contributed by atoms with Gasteiger partial charge < -0.3 is 9.88 Å². The molecule has 5 aliphatic rings. The maximum absolute atomic E-state index is 13.6. The number of fused-ring (bicyclic) bond motifs is 1. The summed E-state index contributed by atoms with van der Waals surface area (Å²) < 4.78 is 2.30. The minimum Gasteiger partial charge on any atom is -0.355 e. The number of aryl methyl sites for hydroxylation is 2. The number of carbonyl (C=O) groups is 1. The van der Waals surface area contributed by atoms with Crippen molar-refractivity contribution in [3.63, 3.8) is 0 Å². The van der Waals surface area contributed by atoms with Gasteiger partial charge in [0, 0.05) is 25.9 Å². The fourth-order valence-corrected chi connectivity index (χ4v) is 7.98. The molecule has 4 saturated carbocycles. The highest BCUT2D eigenvalue weighted by atomic mass is 16.2. The van der Waals surface area contributed by atoms with Crippen molar-refractivity contribution < 1.29 is 4.79 Å². The van der Waals surface area contributed by atoms with Crippen molar-refractivity contribution in [3.8, 4) is 0 Å². The predicted octanol–water partition coefficient (Wildman–Crippen LogP) is 4.51. The van der Waals surface area contributed by atoms with Crippen LogP contribution in [0.3, 0.4) is 0 Å². The first-order chi connectivity index (χ1) is 15.6. The fraction of sp³-hybridized carbons (Fsp3) is 0.667. The van der Waals surface area contributed by atoms with E-state index >= 15 is 0 Å². The van der Waals surface area contributed by atoms with Gasteiger partial charge in [0.25, 0.3) is 0 Å². The van der Waals surface area contributed by atoms with Crippen LogP contribution in [0.4, 0.5) is 0 Å². The number of hydrogen-bond acceptors (Lipinski definition) is 3. The molecule has 0 radical (unpaired) electrons. The summed E-state index contributed by atoms with van der Waals surface area (Å²) in [6.45, 7) is 3.86. The van der Waals surface area contributed by atoms with Gasteiger partial charge in [0.15, 0.2) is 0 Å². The Balaban J connectivity index is 1.17. The largest absolute Gasteiger partial charge is 0.355 e. The number of nitrogens with one attached hydrogen (secondary N) is 1. The molecule has 2 unspecified atom stereocenters. The Morgan fingerprint density at radius 3 is 2.62 bits per heavy atom. The van der Waals surface area contributed by atoms with Gasteiger partial charge in [-0.15, -0.1) is 10.2 Å². The molecule has 4 bridgehead atoms. The first kappa shape index (κ1) is 20.4. The smallest absolute Gasteiger partial charge is 0.226 e. The normalized spacial score (nSPS) is 33.0. The van der Waals surface area contributed by atoms with Crippen molar-refractivity contribution in [3.05, 3.63) is 47.0 Å². The second-order valence-corrected chi connectivity index (χ2v) is 11.4. The van der Waals surface area contributed by atoms with Gasteiger partial charge in [-0.3, -0.25) is 4.79 Å². The Bertz CT molecular complexity index is 993. The molecule has 2 atom stereocenters. The SMILES string of the molecule is Cc1ccc(C23CC4CC(CC(C(=O)NCCc5nnc6n5CCCCC6)(C4)C2)C3)cc1. The molecule has 5 heteroatoms. The highest BCUT2D eigenvalue weighted by Crippen LogP contribution is 2.65. The molecule has 0 saturated heterocycles. The number of nitrogens with zero attached hydrogens (tertiary/aromatic N) is 3. The van der Waals surface area contributed by atoms with Crippen LogP contribution in [0.5, 0.6) is 0 Å². The number of amides is 1. The van der Waals surface area contributed by atoms with Crippen molar-refractivity contribution in [1.82, 2.24) is 20.1 Å². The summed E-state index contributed by atoms with van der Waals surface area (Å²) in [6, 6.07) is 9.18. The van der Waals surface area contributed by atoms with E-state index in [2.05, 4.69) is 51.3 Å². The molecule has 32 heavy (non-hydrogen) atoms. The van der Waals surface area contributed by atoms with Gasteiger partial charge in [0.05, 0.1) is 5.41 Å². The highest BCUT2D eigenvalue weighted by molar-refractivity contribution is 5.83. The number of benzene rings is 1. The molecule has 1 aliphatic heterocycles. The number of rotatable bonds is 5. The van der Waals surface area contributed by atoms with Crippen LogP contribution in [0.15, 0.2) is 24.3 Å². The highest BCUT2D eigenvalue weighted by Gasteiger charge is 2.60. The van der Waals surface area contributed by atoms with Crippen LogP contribution in [-0.4, -0.2) is 27.2 Å². The Morgan fingerprint density at radius 2 is 1.84 bits per heavy atom. The van der Waals surface area contributed by atoms with Crippen molar-refractivity contribution in [2.24, 2.45) is 17.3 Å². The molecule has 7 rings (SSSR count). The molecule has 1 N–H and O–H groups in total. The average Bonchev–Trinajstić information content (AvgIpc) is 2.99. The first-order valence-electron chi connectivity index (χ1n) is 12.8. The lowest BCUT2D eigenvalue weighted by molar-refractivity contribution is -0.149. The van der Waals surface area contributed by atoms with Crippen molar-refractivity contribution in [2.75, 3.05) is 6.54 Å². The Morgan fingerprint density at radius 1 is 1.06 bits per heavy atom. The van der Waals surface area contributed by atoms with Crippen LogP contribution in [0.1, 0.15) is 80.6 Å². The van der Waals surface area contributed by atoms with E-state index in [1.54, 1.807) is 0 Å². The third-order valence-corrected chi connectivity index (χ3v) is 9.03. The van der Waals surface area contributed by atoms with Gasteiger partial charge in [-0.2, -0.15) is 0 Å². The van der Waals surface area contributed by atoms with Gasteiger partial charge in [-0.05, 0) is 81.1 Å². The van der Waals surface area contributed by atoms with E-state index < -0.39 is 0 Å². The summed E-state index contributed by atoms with van der Waals surface area (Å²) in [5.41, 5.74) is 2.83. The molecular weight excluding hydrogens is 396 g/mol. The third kappa shape index (κ3) is 3.39. The molecule has 4 aliphatic carbocycles. The molecular formula is C27H36N4O. The molecule has 4 fully saturated rings. The monoisotopic (exact) mass is 432 g/mol. The van der Waals surface area contributed by atoms with Gasteiger partial charge in [-0.25, -0.2) is 0 Å². The molecule has 1 aromatic heterocycles. The van der Waals surface area contributed by atoms with Gasteiger partial charge in [0.2, 0.25) is 5.91 Å². The van der Waals surface area contributed by atoms with Gasteiger partial charge in [0.1, 0.15) is 11.6 Å². The van der Waals surface area contributed by atoms with E-state index in [1.165, 1.54) is 49.7 Å². The zero-order valence-corrected chi connectivity index (χ0v) is 19.4. The number of aromatic nitrogens is 3. The molecule has 0 spiro atoms. The lowest BCUT2D eigenvalue weighted by Gasteiger charge is -2.61. The minimum absolute atomic E-state index is 0.170. The van der Waals surface area contributed by atoms with Crippen molar-refractivity contribution >= 4 is 5.91 Å². The van der Waals surface area contributed by atoms with Crippen LogP contribution >= 0.6 is 0 Å². The summed E-state index contributed by atoms with van der Waals surface area (Å²) in [5, 5.41) is 12.2. The third-order valence-electron chi connectivity index (χ3n) is 9.03. The Labute approximate surface area is 191 Å². The number of hydrogen-bond donors (Lipinski definition) is 1. The van der Waals surface area contributed by atoms with Crippen LogP contribution in [-0.2, 0) is 29.6 Å². The molecule has 2 heterocycles. The standard InChI is InChI=1S/C27H36N4O/c1-19-6-8-22(9-7-19)26-14-20-13-21(15-26)17-27(16-20,18-26)25(32)28-11-10-24-30-29-23-5-3-2-4-12-31(23)24/h6-9,20-21H,2-5,10-18H2,1H3,(H,28,32). The maximum Gasteiger partial charge on any atom is 0.226 e. The second kappa shape index (κ2) is 7.71. The fourth-order valence-electron chi connectivity index (χ4n) is 7.98. The quantitative estimate of drug-likeness (QED) is 0.756. The summed E-state index contributed by atoms with van der Waals surface area (Å²) in [4.78, 5) is 13.6. The van der Waals surface area contributed by atoms with E-state index in [9.17, 15) is 4.79 Å². The van der Waals surface area contributed by atoms with Crippen molar-refractivity contribution in [1.29, 1.82) is 0 Å². The van der Waals surface area contributed by atoms with Crippen LogP contribution in [0.2, 0.25) is 0 Å². The van der Waals surface area contributed by atoms with Crippen LogP contribution in [0, 0.1) is 24.2 Å². The summed E-state index contributed by atoms with van der Waals surface area (Å²) in [6.07, 6.45) is 12.6. The second-order valence-electron chi connectivity index (χ2n) is 11.4. The Kier molecular flexibility index (Phi) is 4.92. The van der Waals surface area contributed by atoms with E-state index in [4.69, 9.17) is 0 Å². The molecule has 2 aromatic rings. The topological polar surface area (TPSA) is 59.8 Å². The van der Waals surface area contributed by atoms with Crippen LogP contribution in [0.25, 0.3) is 0 Å². The maximum atomic E-state index is 13.6. The zero-order valence-electron chi connectivity index (χ0n) is 19.4. The summed E-state index contributed by atoms with van der Waals surface area (Å²) in [7, 11) is 0. The van der Waals surface area contributed by atoms with E-state index in [1.807, 2.05) is 0 Å². The van der Waals surface area contributed by atoms with Gasteiger partial charge in [-0.1, -0.05) is 36.2 Å². The molecule has 1 amide bonds. The number of carbonyl (C=O) groups excluding carboxylic acids is 1. The van der Waals surface area contributed by atoms with Crippen molar-refractivity contribution in [2.45, 2.75) is 89.5 Å². The van der Waals surface area contributed by atoms with Gasteiger partial charge >= 0.3 is 0 Å². The van der Waals surface area contributed by atoms with E-state index in [-0.39, 0.29) is 10.8 Å². The minimum atomic E-state index is -0.170. The van der Waals surface area contributed by atoms with E-state index in [0.717, 1.165) is 50.3 Å². The molecule has 170 valence electrons. The lowest BCUT2D eigenvalue weighted by Crippen LogP contribution is -2.59. The predicted molar refractivity (Wildman–Crippen MR) is 124 cm³/mol. The summed E-state index contributed by atoms with van der Waals surface area (Å²) in [5.74, 6) is 3.89. The first-order valence-corrected chi connectivity index (χ1v) is 12.8. The Hall–Kier alpha value is -2.17. The van der Waals surface area contributed by atoms with Crippen LogP contribution < -0.4 is 5.32 Å². The molecule has 1 aromatic carbocycles. The lowest BCUT2D eigenvalue weighted by atomic mass is 9.42.